The molecule has 0 saturated carbocycles. The molecule has 34 heavy (non-hydrogen) atoms. The number of carbonyl (C=O) groups is 2. The summed E-state index contributed by atoms with van der Waals surface area (Å²) in [6.07, 6.45) is 3.36. The summed E-state index contributed by atoms with van der Waals surface area (Å²) in [7, 11) is 1.50. The van der Waals surface area contributed by atoms with Crippen molar-refractivity contribution in [3.05, 3.63) is 42.4 Å². The van der Waals surface area contributed by atoms with E-state index in [9.17, 15) is 9.59 Å². The Bertz CT molecular complexity index is 1200. The lowest BCUT2D eigenvalue weighted by molar-refractivity contribution is -0.120. The summed E-state index contributed by atoms with van der Waals surface area (Å²) < 4.78 is 10.9. The van der Waals surface area contributed by atoms with Crippen LogP contribution in [0.1, 0.15) is 24.3 Å². The van der Waals surface area contributed by atoms with Crippen molar-refractivity contribution in [3.63, 3.8) is 0 Å². The maximum atomic E-state index is 12.2. The van der Waals surface area contributed by atoms with Crippen LogP contribution in [0.4, 0.5) is 17.3 Å². The number of aromatic nitrogens is 3. The first-order valence-electron chi connectivity index (χ1n) is 10.9. The number of hydrogen-bond acceptors (Lipinski definition) is 9. The summed E-state index contributed by atoms with van der Waals surface area (Å²) in [6.45, 7) is 2.98. The average molecular weight is 466 g/mol. The number of rotatable bonds is 9. The molecule has 1 aromatic carbocycles. The molecule has 1 aliphatic rings. The van der Waals surface area contributed by atoms with Gasteiger partial charge in [-0.25, -0.2) is 15.0 Å². The van der Waals surface area contributed by atoms with Gasteiger partial charge in [0, 0.05) is 54.5 Å². The fourth-order valence-electron chi connectivity index (χ4n) is 4.01. The van der Waals surface area contributed by atoms with Crippen molar-refractivity contribution < 1.29 is 19.1 Å². The summed E-state index contributed by atoms with van der Waals surface area (Å²) >= 11 is 0. The van der Waals surface area contributed by atoms with Gasteiger partial charge in [0.25, 0.3) is 0 Å². The molecule has 3 aromatic rings. The van der Waals surface area contributed by atoms with E-state index in [2.05, 4.69) is 25.2 Å². The predicted octanol–water partition coefficient (Wildman–Crippen LogP) is 1.45. The van der Waals surface area contributed by atoms with Gasteiger partial charge >= 0.3 is 0 Å². The molecule has 0 radical (unpaired) electrons. The molecule has 0 bridgehead atoms. The molecule has 0 aliphatic carbocycles. The highest BCUT2D eigenvalue weighted by Gasteiger charge is 2.24. The first kappa shape index (κ1) is 23.2. The molecule has 1 unspecified atom stereocenters. The van der Waals surface area contributed by atoms with Crippen molar-refractivity contribution >= 4 is 40.0 Å². The quantitative estimate of drug-likeness (QED) is 0.425. The number of anilines is 3. The molecule has 11 nitrogen and oxygen atoms in total. The molecule has 4 rings (SSSR count). The van der Waals surface area contributed by atoms with Crippen LogP contribution in [0, 0.1) is 0 Å². The predicted molar refractivity (Wildman–Crippen MR) is 127 cm³/mol. The molecule has 3 heterocycles. The molecule has 1 atom stereocenters. The SMILES string of the molecule is COc1cc2ncnc(Nc3cc(N4CCOCC4)ccn3)c2cc1C(CCC(N)=O)C(N)=O. The maximum absolute atomic E-state index is 12.2. The highest BCUT2D eigenvalue weighted by molar-refractivity contribution is 5.94. The van der Waals surface area contributed by atoms with Crippen molar-refractivity contribution in [2.24, 2.45) is 11.5 Å². The van der Waals surface area contributed by atoms with Crippen LogP contribution in [-0.4, -0.2) is 60.2 Å². The van der Waals surface area contributed by atoms with Gasteiger partial charge in [-0.3, -0.25) is 9.59 Å². The van der Waals surface area contributed by atoms with Crippen molar-refractivity contribution in [2.75, 3.05) is 43.6 Å². The Kier molecular flexibility index (Phi) is 7.02. The Morgan fingerprint density at radius 3 is 2.68 bits per heavy atom. The smallest absolute Gasteiger partial charge is 0.225 e. The standard InChI is InChI=1S/C23H27N7O4/c1-33-19-12-18-17(11-16(19)15(22(25)32)2-3-20(24)31)23(28-13-27-18)29-21-10-14(4-5-26-21)30-6-8-34-9-7-30/h4-5,10-13,15H,2-3,6-9H2,1H3,(H2,24,31)(H2,25,32)(H,26,27,28,29). The number of nitrogens with one attached hydrogen (secondary N) is 1. The van der Waals surface area contributed by atoms with E-state index < -0.39 is 17.7 Å². The first-order valence-corrected chi connectivity index (χ1v) is 10.9. The molecule has 1 saturated heterocycles. The van der Waals surface area contributed by atoms with Crippen LogP contribution < -0.4 is 26.4 Å². The number of nitrogens with zero attached hydrogens (tertiary/aromatic N) is 4. The molecule has 0 spiro atoms. The molecule has 11 heteroatoms. The normalized spacial score (nSPS) is 14.6. The third kappa shape index (κ3) is 5.15. The minimum atomic E-state index is -0.761. The molecule has 178 valence electrons. The van der Waals surface area contributed by atoms with Crippen LogP contribution in [-0.2, 0) is 14.3 Å². The van der Waals surface area contributed by atoms with Gasteiger partial charge in [-0.15, -0.1) is 0 Å². The third-order valence-electron chi connectivity index (χ3n) is 5.75. The van der Waals surface area contributed by atoms with E-state index in [0.29, 0.717) is 47.1 Å². The van der Waals surface area contributed by atoms with Gasteiger partial charge in [-0.2, -0.15) is 0 Å². The Morgan fingerprint density at radius 2 is 1.97 bits per heavy atom. The maximum Gasteiger partial charge on any atom is 0.225 e. The number of methoxy groups -OCH3 is 1. The second-order valence-electron chi connectivity index (χ2n) is 7.92. The largest absolute Gasteiger partial charge is 0.496 e. The zero-order valence-corrected chi connectivity index (χ0v) is 18.9. The molecule has 2 aromatic heterocycles. The molecular formula is C23H27N7O4. The molecular weight excluding hydrogens is 438 g/mol. The van der Waals surface area contributed by atoms with Gasteiger partial charge < -0.3 is 31.2 Å². The summed E-state index contributed by atoms with van der Waals surface area (Å²) in [5.74, 6) is -0.284. The van der Waals surface area contributed by atoms with E-state index in [-0.39, 0.29) is 12.8 Å². The Hall–Kier alpha value is -3.99. The molecule has 5 N–H and O–H groups in total. The summed E-state index contributed by atoms with van der Waals surface area (Å²) in [6, 6.07) is 7.38. The summed E-state index contributed by atoms with van der Waals surface area (Å²) in [5, 5.41) is 3.91. The van der Waals surface area contributed by atoms with Crippen molar-refractivity contribution in [1.29, 1.82) is 0 Å². The van der Waals surface area contributed by atoms with E-state index >= 15 is 0 Å². The number of pyridine rings is 1. The van der Waals surface area contributed by atoms with Crippen LogP contribution >= 0.6 is 0 Å². The second kappa shape index (κ2) is 10.3. The highest BCUT2D eigenvalue weighted by Crippen LogP contribution is 2.35. The van der Waals surface area contributed by atoms with Crippen LogP contribution in [0.3, 0.4) is 0 Å². The zero-order valence-electron chi connectivity index (χ0n) is 18.9. The highest BCUT2D eigenvalue weighted by atomic mass is 16.5. The number of morpholine rings is 1. The van der Waals surface area contributed by atoms with E-state index in [4.69, 9.17) is 20.9 Å². The van der Waals surface area contributed by atoms with Gasteiger partial charge in [0.1, 0.15) is 23.7 Å². The lowest BCUT2D eigenvalue weighted by atomic mass is 9.91. The number of hydrogen-bond donors (Lipinski definition) is 3. The lowest BCUT2D eigenvalue weighted by Gasteiger charge is -2.29. The topological polar surface area (TPSA) is 159 Å². The Balaban J connectivity index is 1.70. The van der Waals surface area contributed by atoms with Crippen LogP contribution in [0.15, 0.2) is 36.8 Å². The Morgan fingerprint density at radius 1 is 1.18 bits per heavy atom. The Labute approximate surface area is 196 Å². The number of ether oxygens (including phenoxy) is 2. The number of carbonyl (C=O) groups excluding carboxylic acids is 2. The minimum absolute atomic E-state index is 0.0173. The molecule has 1 aliphatic heterocycles. The van der Waals surface area contributed by atoms with Crippen molar-refractivity contribution in [3.8, 4) is 5.75 Å². The average Bonchev–Trinajstić information content (AvgIpc) is 2.84. The van der Waals surface area contributed by atoms with E-state index in [1.54, 1.807) is 18.3 Å². The fourth-order valence-corrected chi connectivity index (χ4v) is 4.01. The lowest BCUT2D eigenvalue weighted by Crippen LogP contribution is -2.36. The van der Waals surface area contributed by atoms with Gasteiger partial charge in [-0.1, -0.05) is 0 Å². The number of amides is 2. The van der Waals surface area contributed by atoms with E-state index in [1.807, 2.05) is 12.1 Å². The van der Waals surface area contributed by atoms with Gasteiger partial charge in [0.2, 0.25) is 11.8 Å². The zero-order chi connectivity index (χ0) is 24.1. The van der Waals surface area contributed by atoms with Crippen molar-refractivity contribution in [1.82, 2.24) is 15.0 Å². The van der Waals surface area contributed by atoms with Crippen LogP contribution in [0.2, 0.25) is 0 Å². The second-order valence-corrected chi connectivity index (χ2v) is 7.92. The summed E-state index contributed by atoms with van der Waals surface area (Å²) in [4.78, 5) is 38.9. The number of benzene rings is 1. The molecule has 2 amide bonds. The minimum Gasteiger partial charge on any atom is -0.496 e. The molecule has 1 fully saturated rings. The monoisotopic (exact) mass is 465 g/mol. The van der Waals surface area contributed by atoms with Gasteiger partial charge in [0.05, 0.1) is 31.8 Å². The van der Waals surface area contributed by atoms with E-state index in [1.165, 1.54) is 13.4 Å². The number of fused-ring (bicyclic) bond motifs is 1. The summed E-state index contributed by atoms with van der Waals surface area (Å²) in [5.41, 5.74) is 13.1. The van der Waals surface area contributed by atoms with Crippen molar-refractivity contribution in [2.45, 2.75) is 18.8 Å². The first-order chi connectivity index (χ1) is 16.5. The number of primary amides is 2. The number of nitrogens with two attached hydrogens (primary N) is 2. The van der Waals surface area contributed by atoms with E-state index in [0.717, 1.165) is 18.8 Å². The third-order valence-corrected chi connectivity index (χ3v) is 5.75. The van der Waals surface area contributed by atoms with Crippen LogP contribution in [0.5, 0.6) is 5.75 Å². The van der Waals surface area contributed by atoms with Gasteiger partial charge in [0.15, 0.2) is 0 Å². The van der Waals surface area contributed by atoms with Gasteiger partial charge in [-0.05, 0) is 18.6 Å². The van der Waals surface area contributed by atoms with Crippen LogP contribution in [0.25, 0.3) is 10.9 Å². The fraction of sp³-hybridized carbons (Fsp3) is 0.348.